The average molecular weight is 345 g/mol. The van der Waals surface area contributed by atoms with Crippen LogP contribution in [0.1, 0.15) is 45.2 Å². The maximum Gasteiger partial charge on any atom is 0.407 e. The number of benzene rings is 1. The van der Waals surface area contributed by atoms with Gasteiger partial charge in [0.25, 0.3) is 5.95 Å². The number of hydrogen-bond acceptors (Lipinski definition) is 4. The van der Waals surface area contributed by atoms with Crippen molar-refractivity contribution in [1.29, 1.82) is 0 Å². The number of carbonyl (C=O) groups excluding carboxylic acids is 1. The minimum absolute atomic E-state index is 0.225. The zero-order chi connectivity index (χ0) is 18.9. The number of ether oxygens (including phenoxy) is 2. The van der Waals surface area contributed by atoms with E-state index in [0.717, 1.165) is 17.5 Å². The summed E-state index contributed by atoms with van der Waals surface area (Å²) in [7, 11) is 0. The van der Waals surface area contributed by atoms with Crippen molar-refractivity contribution in [3.05, 3.63) is 66.3 Å². The van der Waals surface area contributed by atoms with Crippen LogP contribution < -0.4 is 5.32 Å². The van der Waals surface area contributed by atoms with Crippen LogP contribution in [0.5, 0.6) is 0 Å². The highest BCUT2D eigenvalue weighted by Gasteiger charge is 2.15. The molecule has 0 radical (unpaired) electrons. The van der Waals surface area contributed by atoms with E-state index >= 15 is 0 Å². The highest BCUT2D eigenvalue weighted by Crippen LogP contribution is 2.21. The molecule has 0 fully saturated rings. The van der Waals surface area contributed by atoms with Gasteiger partial charge in [-0.15, -0.1) is 0 Å². The molecule has 1 rings (SSSR count). The van der Waals surface area contributed by atoms with Crippen molar-refractivity contribution in [2.24, 2.45) is 0 Å². The standard InChI is InChI=1S/C20H27NO4/c1-6-8-12-24-18(22)17(7-2)16-11-9-10-15(13-16)14-21-19(23)25-20(3,4)5/h7-13,22H,2,6,14H2,1,3-5H3,(H,21,23)/b12-8-,18-17-. The quantitative estimate of drug-likeness (QED) is 0.535. The summed E-state index contributed by atoms with van der Waals surface area (Å²) in [5, 5.41) is 12.8. The minimum atomic E-state index is -0.542. The Labute approximate surface area is 149 Å². The smallest absolute Gasteiger partial charge is 0.407 e. The minimum Gasteiger partial charge on any atom is -0.480 e. The van der Waals surface area contributed by atoms with Crippen LogP contribution in [0.2, 0.25) is 0 Å². The van der Waals surface area contributed by atoms with Gasteiger partial charge in [0.1, 0.15) is 5.60 Å². The summed E-state index contributed by atoms with van der Waals surface area (Å²) in [5.74, 6) is -0.225. The van der Waals surface area contributed by atoms with Crippen LogP contribution in [0.4, 0.5) is 4.79 Å². The molecule has 0 atom stereocenters. The average Bonchev–Trinajstić information content (AvgIpc) is 2.53. The first-order chi connectivity index (χ1) is 11.8. The van der Waals surface area contributed by atoms with E-state index in [1.807, 2.05) is 52.0 Å². The number of amides is 1. The highest BCUT2D eigenvalue weighted by molar-refractivity contribution is 5.74. The maximum absolute atomic E-state index is 11.7. The van der Waals surface area contributed by atoms with Crippen molar-refractivity contribution in [3.8, 4) is 0 Å². The van der Waals surface area contributed by atoms with E-state index in [1.54, 1.807) is 6.08 Å². The molecule has 0 bridgehead atoms. The Bertz CT molecular complexity index is 654. The number of alkyl carbamates (subject to hydrolysis) is 1. The molecule has 0 aliphatic carbocycles. The predicted octanol–water partition coefficient (Wildman–Crippen LogP) is 5.06. The lowest BCUT2D eigenvalue weighted by molar-refractivity contribution is 0.0523. The fourth-order valence-corrected chi connectivity index (χ4v) is 1.94. The molecular weight excluding hydrogens is 318 g/mol. The zero-order valence-electron chi connectivity index (χ0n) is 15.3. The maximum atomic E-state index is 11.7. The molecule has 0 aliphatic rings. The first-order valence-corrected chi connectivity index (χ1v) is 8.20. The van der Waals surface area contributed by atoms with Gasteiger partial charge in [0.15, 0.2) is 0 Å². The first kappa shape index (κ1) is 20.4. The largest absolute Gasteiger partial charge is 0.480 e. The molecule has 0 aromatic heterocycles. The van der Waals surface area contributed by atoms with Gasteiger partial charge < -0.3 is 19.9 Å². The lowest BCUT2D eigenvalue weighted by Crippen LogP contribution is -2.32. The topological polar surface area (TPSA) is 67.8 Å². The summed E-state index contributed by atoms with van der Waals surface area (Å²) in [6.45, 7) is 11.4. The van der Waals surface area contributed by atoms with E-state index < -0.39 is 11.7 Å². The fourth-order valence-electron chi connectivity index (χ4n) is 1.94. The molecule has 25 heavy (non-hydrogen) atoms. The van der Waals surface area contributed by atoms with Crippen molar-refractivity contribution in [2.75, 3.05) is 0 Å². The molecule has 0 saturated carbocycles. The summed E-state index contributed by atoms with van der Waals surface area (Å²) in [6.07, 6.45) is 5.08. The number of aliphatic hydroxyl groups is 1. The Balaban J connectivity index is 2.85. The monoisotopic (exact) mass is 345 g/mol. The Kier molecular flexibility index (Phi) is 7.79. The lowest BCUT2D eigenvalue weighted by Gasteiger charge is -2.19. The third-order valence-electron chi connectivity index (χ3n) is 3.02. The zero-order valence-corrected chi connectivity index (χ0v) is 15.3. The van der Waals surface area contributed by atoms with Gasteiger partial charge in [0, 0.05) is 6.54 Å². The van der Waals surface area contributed by atoms with Crippen LogP contribution in [0.3, 0.4) is 0 Å². The van der Waals surface area contributed by atoms with Gasteiger partial charge in [-0.2, -0.15) is 0 Å². The molecule has 0 heterocycles. The Morgan fingerprint density at radius 1 is 1.36 bits per heavy atom. The number of aliphatic hydroxyl groups excluding tert-OH is 1. The normalized spacial score (nSPS) is 12.5. The molecule has 5 heteroatoms. The molecule has 1 aromatic carbocycles. The third-order valence-corrected chi connectivity index (χ3v) is 3.02. The van der Waals surface area contributed by atoms with E-state index in [0.29, 0.717) is 12.1 Å². The number of nitrogens with one attached hydrogen (secondary N) is 1. The van der Waals surface area contributed by atoms with Gasteiger partial charge >= 0.3 is 6.09 Å². The van der Waals surface area contributed by atoms with Crippen LogP contribution in [-0.2, 0) is 16.0 Å². The summed E-state index contributed by atoms with van der Waals surface area (Å²) < 4.78 is 10.4. The second kappa shape index (κ2) is 9.57. The van der Waals surface area contributed by atoms with Crippen molar-refractivity contribution in [2.45, 2.75) is 46.3 Å². The van der Waals surface area contributed by atoms with Gasteiger partial charge in [0.2, 0.25) is 0 Å². The van der Waals surface area contributed by atoms with Crippen molar-refractivity contribution < 1.29 is 19.4 Å². The molecule has 2 N–H and O–H groups in total. The van der Waals surface area contributed by atoms with E-state index in [9.17, 15) is 9.90 Å². The van der Waals surface area contributed by atoms with Crippen molar-refractivity contribution >= 4 is 11.7 Å². The second-order valence-electron chi connectivity index (χ2n) is 6.38. The fraction of sp³-hybridized carbons (Fsp3) is 0.350. The van der Waals surface area contributed by atoms with E-state index in [4.69, 9.17) is 9.47 Å². The van der Waals surface area contributed by atoms with Crippen LogP contribution in [0, 0.1) is 0 Å². The molecule has 5 nitrogen and oxygen atoms in total. The van der Waals surface area contributed by atoms with Gasteiger partial charge in [-0.3, -0.25) is 0 Å². The molecule has 1 amide bonds. The number of hydrogen-bond donors (Lipinski definition) is 2. The molecule has 0 unspecified atom stereocenters. The van der Waals surface area contributed by atoms with Crippen LogP contribution in [0.15, 0.2) is 55.2 Å². The third kappa shape index (κ3) is 7.61. The van der Waals surface area contributed by atoms with Crippen molar-refractivity contribution in [1.82, 2.24) is 5.32 Å². The number of allylic oxidation sites excluding steroid dienone is 3. The van der Waals surface area contributed by atoms with Gasteiger partial charge in [-0.05, 0) is 50.5 Å². The molecule has 136 valence electrons. The Morgan fingerprint density at radius 3 is 2.68 bits per heavy atom. The highest BCUT2D eigenvalue weighted by atomic mass is 16.6. The Hall–Kier alpha value is -2.69. The lowest BCUT2D eigenvalue weighted by atomic mass is 10.0. The molecule has 0 saturated heterocycles. The SMILES string of the molecule is C=C/C(=C(\O)O/C=C\CC)c1cccc(CNC(=O)OC(C)(C)C)c1. The van der Waals surface area contributed by atoms with Crippen LogP contribution in [-0.4, -0.2) is 16.8 Å². The van der Waals surface area contributed by atoms with Crippen LogP contribution in [0.25, 0.3) is 5.57 Å². The number of rotatable bonds is 7. The van der Waals surface area contributed by atoms with E-state index in [-0.39, 0.29) is 5.95 Å². The molecule has 0 spiro atoms. The van der Waals surface area contributed by atoms with Crippen molar-refractivity contribution in [3.63, 3.8) is 0 Å². The summed E-state index contributed by atoms with van der Waals surface area (Å²) in [5.41, 5.74) is 1.53. The second-order valence-corrected chi connectivity index (χ2v) is 6.38. The number of carbonyl (C=O) groups is 1. The van der Waals surface area contributed by atoms with E-state index in [1.165, 1.54) is 12.3 Å². The summed E-state index contributed by atoms with van der Waals surface area (Å²) in [4.78, 5) is 11.7. The van der Waals surface area contributed by atoms with E-state index in [2.05, 4.69) is 11.9 Å². The summed E-state index contributed by atoms with van der Waals surface area (Å²) >= 11 is 0. The molecule has 1 aromatic rings. The van der Waals surface area contributed by atoms with Crippen LogP contribution >= 0.6 is 0 Å². The summed E-state index contributed by atoms with van der Waals surface area (Å²) in [6, 6.07) is 7.38. The molecule has 0 aliphatic heterocycles. The molecular formula is C20H27NO4. The predicted molar refractivity (Wildman–Crippen MR) is 99.8 cm³/mol. The Morgan fingerprint density at radius 2 is 2.08 bits per heavy atom. The van der Waals surface area contributed by atoms with Gasteiger partial charge in [0.05, 0.1) is 11.8 Å². The van der Waals surface area contributed by atoms with Gasteiger partial charge in [-0.1, -0.05) is 37.8 Å². The van der Waals surface area contributed by atoms with Gasteiger partial charge in [-0.25, -0.2) is 4.79 Å². The first-order valence-electron chi connectivity index (χ1n) is 8.20.